The van der Waals surface area contributed by atoms with Crippen LogP contribution in [0.4, 0.5) is 4.39 Å². The molecule has 136 valence electrons. The molecule has 27 heavy (non-hydrogen) atoms. The number of likely N-dealkylation sites (N-methyl/N-ethyl adjacent to an activating group) is 1. The predicted octanol–water partition coefficient (Wildman–Crippen LogP) is 3.33. The van der Waals surface area contributed by atoms with Gasteiger partial charge in [0.15, 0.2) is 5.41 Å². The second kappa shape index (κ2) is 7.16. The van der Waals surface area contributed by atoms with Crippen LogP contribution >= 0.6 is 15.9 Å². The van der Waals surface area contributed by atoms with Crippen molar-refractivity contribution in [3.8, 4) is 18.2 Å². The second-order valence-corrected chi connectivity index (χ2v) is 7.61. The van der Waals surface area contributed by atoms with Gasteiger partial charge in [-0.3, -0.25) is 4.90 Å². The molecule has 5 nitrogen and oxygen atoms in total. The quantitative estimate of drug-likeness (QED) is 0.782. The van der Waals surface area contributed by atoms with E-state index < -0.39 is 17.2 Å². The molecule has 0 amide bonds. The Kier molecular flexibility index (Phi) is 5.07. The molecule has 0 bridgehead atoms. The Hall–Kier alpha value is -2.66. The fourth-order valence-electron chi connectivity index (χ4n) is 4.09. The van der Waals surface area contributed by atoms with Crippen LogP contribution in [0.5, 0.6) is 0 Å². The molecule has 2 N–H and O–H groups in total. The molecule has 2 atom stereocenters. The Balaban J connectivity index is 2.36. The number of benzene rings is 1. The SMILES string of the molecule is CCN1CC=C2C(C#N)=C(N)C(C#N)(C#N)[C@@H](c3cc(Br)ccc3F)[C@H]2C1. The number of nitrogens with two attached hydrogens (primary N) is 1. The van der Waals surface area contributed by atoms with E-state index in [1.54, 1.807) is 12.1 Å². The van der Waals surface area contributed by atoms with Crippen LogP contribution in [0.25, 0.3) is 0 Å². The third-order valence-corrected chi connectivity index (χ3v) is 5.97. The average molecular weight is 426 g/mol. The molecule has 1 heterocycles. The molecule has 0 fully saturated rings. The summed E-state index contributed by atoms with van der Waals surface area (Å²) >= 11 is 3.35. The normalized spacial score (nSPS) is 24.2. The average Bonchev–Trinajstić information content (AvgIpc) is 2.69. The highest BCUT2D eigenvalue weighted by atomic mass is 79.9. The zero-order valence-electron chi connectivity index (χ0n) is 14.7. The first kappa shape index (κ1) is 19.1. The summed E-state index contributed by atoms with van der Waals surface area (Å²) in [4.78, 5) is 2.13. The van der Waals surface area contributed by atoms with E-state index in [9.17, 15) is 20.2 Å². The van der Waals surface area contributed by atoms with Crippen molar-refractivity contribution < 1.29 is 4.39 Å². The smallest absolute Gasteiger partial charge is 0.191 e. The van der Waals surface area contributed by atoms with Crippen molar-refractivity contribution in [2.24, 2.45) is 17.1 Å². The van der Waals surface area contributed by atoms with E-state index in [0.29, 0.717) is 23.1 Å². The molecule has 1 aromatic rings. The molecule has 1 aliphatic carbocycles. The third kappa shape index (κ3) is 2.82. The van der Waals surface area contributed by atoms with Crippen molar-refractivity contribution in [2.75, 3.05) is 19.6 Å². The van der Waals surface area contributed by atoms with Crippen LogP contribution in [0.2, 0.25) is 0 Å². The summed E-state index contributed by atoms with van der Waals surface area (Å²) in [5, 5.41) is 29.6. The van der Waals surface area contributed by atoms with Gasteiger partial charge in [-0.15, -0.1) is 0 Å². The second-order valence-electron chi connectivity index (χ2n) is 6.69. The number of nitriles is 3. The van der Waals surface area contributed by atoms with Crippen LogP contribution in [0.3, 0.4) is 0 Å². The van der Waals surface area contributed by atoms with Gasteiger partial charge in [0.25, 0.3) is 0 Å². The molecule has 1 aliphatic heterocycles. The summed E-state index contributed by atoms with van der Waals surface area (Å²) in [6.07, 6.45) is 1.91. The summed E-state index contributed by atoms with van der Waals surface area (Å²) in [5.74, 6) is -1.70. The maximum absolute atomic E-state index is 14.8. The number of hydrogen-bond donors (Lipinski definition) is 1. The first-order valence-electron chi connectivity index (χ1n) is 8.54. The summed E-state index contributed by atoms with van der Waals surface area (Å²) in [7, 11) is 0. The molecule has 0 saturated heterocycles. The lowest BCUT2D eigenvalue weighted by atomic mass is 9.58. The number of hydrogen-bond acceptors (Lipinski definition) is 5. The molecular formula is C20H17BrFN5. The van der Waals surface area contributed by atoms with Crippen molar-refractivity contribution in [1.82, 2.24) is 4.90 Å². The van der Waals surface area contributed by atoms with Gasteiger partial charge >= 0.3 is 0 Å². The monoisotopic (exact) mass is 425 g/mol. The van der Waals surface area contributed by atoms with E-state index in [0.717, 1.165) is 6.54 Å². The Morgan fingerprint density at radius 2 is 2.04 bits per heavy atom. The standard InChI is InChI=1S/C20H17BrFN5/c1-2-27-6-5-13-15(8-23)19(26)20(10-24,11-25)18(16(13)9-27)14-7-12(21)3-4-17(14)22/h3-5,7,16,18H,2,6,9,26H2,1H3/t16-,18-/m0/s1. The van der Waals surface area contributed by atoms with Gasteiger partial charge in [0, 0.05) is 29.4 Å². The van der Waals surface area contributed by atoms with Crippen molar-refractivity contribution in [3.63, 3.8) is 0 Å². The van der Waals surface area contributed by atoms with Crippen LogP contribution in [0.1, 0.15) is 18.4 Å². The summed E-state index contributed by atoms with van der Waals surface area (Å²) in [6, 6.07) is 10.6. The lowest BCUT2D eigenvalue weighted by Crippen LogP contribution is -2.48. The maximum Gasteiger partial charge on any atom is 0.191 e. The number of allylic oxidation sites excluding steroid dienone is 2. The number of nitrogens with zero attached hydrogens (tertiary/aromatic N) is 4. The molecule has 0 spiro atoms. The molecule has 3 rings (SSSR count). The van der Waals surface area contributed by atoms with E-state index in [-0.39, 0.29) is 22.8 Å². The Morgan fingerprint density at radius 1 is 1.33 bits per heavy atom. The van der Waals surface area contributed by atoms with Gasteiger partial charge in [0.1, 0.15) is 11.9 Å². The van der Waals surface area contributed by atoms with Crippen LogP contribution in [-0.2, 0) is 0 Å². The Morgan fingerprint density at radius 3 is 2.63 bits per heavy atom. The number of rotatable bonds is 2. The summed E-state index contributed by atoms with van der Waals surface area (Å²) < 4.78 is 15.5. The van der Waals surface area contributed by atoms with Gasteiger partial charge in [-0.2, -0.15) is 15.8 Å². The van der Waals surface area contributed by atoms with Gasteiger partial charge in [0.2, 0.25) is 0 Å². The molecular weight excluding hydrogens is 409 g/mol. The highest BCUT2D eigenvalue weighted by Gasteiger charge is 2.55. The van der Waals surface area contributed by atoms with E-state index >= 15 is 0 Å². The van der Waals surface area contributed by atoms with Crippen LogP contribution in [0, 0.1) is 51.1 Å². The van der Waals surface area contributed by atoms with E-state index in [4.69, 9.17) is 5.73 Å². The topological polar surface area (TPSA) is 101 Å². The Labute approximate surface area is 165 Å². The molecule has 0 saturated carbocycles. The zero-order chi connectivity index (χ0) is 19.8. The minimum Gasteiger partial charge on any atom is -0.399 e. The Bertz CT molecular complexity index is 962. The van der Waals surface area contributed by atoms with Crippen molar-refractivity contribution in [2.45, 2.75) is 12.8 Å². The van der Waals surface area contributed by atoms with Gasteiger partial charge in [-0.25, -0.2) is 4.39 Å². The molecule has 0 aromatic heterocycles. The fourth-order valence-corrected chi connectivity index (χ4v) is 4.47. The number of halogens is 2. The number of fused-ring (bicyclic) bond motifs is 1. The largest absolute Gasteiger partial charge is 0.399 e. The first-order chi connectivity index (χ1) is 12.9. The summed E-state index contributed by atoms with van der Waals surface area (Å²) in [6.45, 7) is 3.93. The molecule has 2 aliphatic rings. The lowest BCUT2D eigenvalue weighted by molar-refractivity contribution is 0.212. The molecule has 1 aromatic carbocycles. The van der Waals surface area contributed by atoms with Gasteiger partial charge in [-0.05, 0) is 35.9 Å². The minimum atomic E-state index is -1.81. The molecule has 0 unspecified atom stereocenters. The van der Waals surface area contributed by atoms with E-state index in [1.165, 1.54) is 6.07 Å². The van der Waals surface area contributed by atoms with Crippen LogP contribution < -0.4 is 5.73 Å². The summed E-state index contributed by atoms with van der Waals surface area (Å²) in [5.41, 5.74) is 5.42. The highest BCUT2D eigenvalue weighted by Crippen LogP contribution is 2.54. The van der Waals surface area contributed by atoms with E-state index in [1.807, 2.05) is 25.1 Å². The minimum absolute atomic E-state index is 0.0909. The highest BCUT2D eigenvalue weighted by molar-refractivity contribution is 9.10. The maximum atomic E-state index is 14.8. The van der Waals surface area contributed by atoms with Crippen molar-refractivity contribution in [3.05, 3.63) is 57.0 Å². The van der Waals surface area contributed by atoms with Crippen LogP contribution in [-0.4, -0.2) is 24.5 Å². The van der Waals surface area contributed by atoms with Gasteiger partial charge in [0.05, 0.1) is 23.4 Å². The van der Waals surface area contributed by atoms with Gasteiger partial charge < -0.3 is 5.73 Å². The van der Waals surface area contributed by atoms with E-state index in [2.05, 4.69) is 26.9 Å². The molecule has 7 heteroatoms. The van der Waals surface area contributed by atoms with Crippen LogP contribution in [0.15, 0.2) is 45.6 Å². The van der Waals surface area contributed by atoms with Crippen molar-refractivity contribution in [1.29, 1.82) is 15.8 Å². The predicted molar refractivity (Wildman–Crippen MR) is 101 cm³/mol. The lowest BCUT2D eigenvalue weighted by Gasteiger charge is -2.45. The fraction of sp³-hybridized carbons (Fsp3) is 0.350. The third-order valence-electron chi connectivity index (χ3n) is 5.48. The van der Waals surface area contributed by atoms with Crippen molar-refractivity contribution >= 4 is 15.9 Å². The first-order valence-corrected chi connectivity index (χ1v) is 9.33. The van der Waals surface area contributed by atoms with Gasteiger partial charge in [-0.1, -0.05) is 28.9 Å². The molecule has 0 radical (unpaired) electrons. The zero-order valence-corrected chi connectivity index (χ0v) is 16.3.